The first-order chi connectivity index (χ1) is 20.4. The normalized spacial score (nSPS) is 15.1. The highest BCUT2D eigenvalue weighted by Gasteiger charge is 2.27. The summed E-state index contributed by atoms with van der Waals surface area (Å²) in [4.78, 5) is 26.9. The zero-order valence-electron chi connectivity index (χ0n) is 27.4. The lowest BCUT2D eigenvalue weighted by molar-refractivity contribution is 0.0240. The monoisotopic (exact) mass is 624 g/mol. The topological polar surface area (TPSA) is 121 Å². The minimum absolute atomic E-state index is 0. The summed E-state index contributed by atoms with van der Waals surface area (Å²) in [7, 11) is 0. The molecule has 2 saturated heterocycles. The molecule has 1 N–H and O–H groups in total. The number of hydrogen-bond acceptors (Lipinski definition) is 9. The van der Waals surface area contributed by atoms with Gasteiger partial charge >= 0.3 is 6.09 Å². The van der Waals surface area contributed by atoms with Gasteiger partial charge in [-0.15, -0.1) is 12.4 Å². The number of rotatable bonds is 6. The molecule has 1 amide bonds. The number of aromatic nitrogens is 2. The fourth-order valence-electron chi connectivity index (χ4n) is 5.17. The number of hydrogen-bond donors (Lipinski definition) is 1. The summed E-state index contributed by atoms with van der Waals surface area (Å²) in [5, 5.41) is 21.9. The van der Waals surface area contributed by atoms with Gasteiger partial charge in [0.25, 0.3) is 0 Å². The van der Waals surface area contributed by atoms with Crippen molar-refractivity contribution >= 4 is 29.9 Å². The van der Waals surface area contributed by atoms with Crippen molar-refractivity contribution in [3.8, 4) is 12.1 Å². The van der Waals surface area contributed by atoms with Crippen molar-refractivity contribution < 1.29 is 9.53 Å². The second kappa shape index (κ2) is 17.0. The van der Waals surface area contributed by atoms with Crippen LogP contribution >= 0.6 is 12.4 Å². The van der Waals surface area contributed by atoms with Gasteiger partial charge in [0.1, 0.15) is 17.7 Å². The number of piperazine rings is 2. The lowest BCUT2D eigenvalue weighted by Gasteiger charge is -2.37. The van der Waals surface area contributed by atoms with Gasteiger partial charge in [0, 0.05) is 64.8 Å². The van der Waals surface area contributed by atoms with E-state index in [1.807, 2.05) is 27.0 Å². The molecule has 0 unspecified atom stereocenters. The van der Waals surface area contributed by atoms with Crippen molar-refractivity contribution in [2.45, 2.75) is 66.9 Å². The van der Waals surface area contributed by atoms with Gasteiger partial charge < -0.3 is 24.8 Å². The van der Waals surface area contributed by atoms with Gasteiger partial charge in [-0.2, -0.15) is 10.5 Å². The molecule has 10 nitrogen and oxygen atoms in total. The molecule has 2 aliphatic heterocycles. The van der Waals surface area contributed by atoms with E-state index in [2.05, 4.69) is 77.1 Å². The van der Waals surface area contributed by atoms with Crippen molar-refractivity contribution in [1.29, 1.82) is 10.5 Å². The number of carbonyl (C=O) groups excluding carboxylic acids is 1. The third kappa shape index (κ3) is 11.2. The fraction of sp³-hybridized carbons (Fsp3) is 0.606. The lowest BCUT2D eigenvalue weighted by atomic mass is 10.0. The number of nitrogens with one attached hydrogen (secondary N) is 1. The molecule has 240 valence electrons. The summed E-state index contributed by atoms with van der Waals surface area (Å²) in [6.07, 6.45) is 5.30. The minimum Gasteiger partial charge on any atom is -0.444 e. The second-order valence-corrected chi connectivity index (χ2v) is 13.0. The highest BCUT2D eigenvalue weighted by molar-refractivity contribution is 5.85. The maximum absolute atomic E-state index is 12.2. The largest absolute Gasteiger partial charge is 0.444 e. The van der Waals surface area contributed by atoms with Crippen molar-refractivity contribution in [3.63, 3.8) is 0 Å². The quantitative estimate of drug-likeness (QED) is 0.462. The highest BCUT2D eigenvalue weighted by atomic mass is 35.5. The predicted octanol–water partition coefficient (Wildman–Crippen LogP) is 5.19. The Morgan fingerprint density at radius 3 is 1.66 bits per heavy atom. The van der Waals surface area contributed by atoms with Gasteiger partial charge in [0.15, 0.2) is 11.4 Å². The van der Waals surface area contributed by atoms with Gasteiger partial charge in [-0.3, -0.25) is 0 Å². The van der Waals surface area contributed by atoms with Crippen molar-refractivity contribution in [1.82, 2.24) is 20.2 Å². The summed E-state index contributed by atoms with van der Waals surface area (Å²) in [6.45, 7) is 20.6. The van der Waals surface area contributed by atoms with Crippen LogP contribution in [-0.4, -0.2) is 78.9 Å². The van der Waals surface area contributed by atoms with E-state index in [0.29, 0.717) is 49.4 Å². The minimum atomic E-state index is -0.489. The zero-order valence-corrected chi connectivity index (χ0v) is 28.2. The molecule has 0 bridgehead atoms. The summed E-state index contributed by atoms with van der Waals surface area (Å²) >= 11 is 0. The molecule has 2 fully saturated rings. The average molecular weight is 625 g/mol. The highest BCUT2D eigenvalue weighted by Crippen LogP contribution is 2.24. The first kappa shape index (κ1) is 36.6. The molecule has 11 heteroatoms. The molecular weight excluding hydrogens is 576 g/mol. The van der Waals surface area contributed by atoms with Crippen molar-refractivity contribution in [2.24, 2.45) is 11.8 Å². The van der Waals surface area contributed by atoms with Crippen LogP contribution in [0.2, 0.25) is 0 Å². The van der Waals surface area contributed by atoms with E-state index in [0.717, 1.165) is 56.0 Å². The van der Waals surface area contributed by atoms with Crippen LogP contribution in [0, 0.1) is 34.5 Å². The Labute approximate surface area is 269 Å². The van der Waals surface area contributed by atoms with Crippen LogP contribution in [-0.2, 0) is 17.6 Å². The van der Waals surface area contributed by atoms with Gasteiger partial charge in [-0.25, -0.2) is 14.8 Å². The molecule has 44 heavy (non-hydrogen) atoms. The number of halogens is 1. The SMILES string of the molecule is CC(C)Cc1cnc(C#N)c(N2CCN(C(=O)OC(C)(C)C)CC2)c1.CC(C)Cc1cnc(C#N)c(N2CCNCC2)c1.Cl. The average Bonchev–Trinajstić information content (AvgIpc) is 2.96. The number of nitriles is 2. The predicted molar refractivity (Wildman–Crippen MR) is 177 cm³/mol. The summed E-state index contributed by atoms with van der Waals surface area (Å²) in [6, 6.07) is 8.58. The van der Waals surface area contributed by atoms with Gasteiger partial charge in [0.2, 0.25) is 0 Å². The van der Waals surface area contributed by atoms with Crippen molar-refractivity contribution in [3.05, 3.63) is 47.0 Å². The molecule has 2 aromatic heterocycles. The van der Waals surface area contributed by atoms with E-state index in [9.17, 15) is 10.1 Å². The molecule has 0 aliphatic carbocycles. The Kier molecular flexibility index (Phi) is 14.2. The summed E-state index contributed by atoms with van der Waals surface area (Å²) in [5.74, 6) is 1.14. The molecule has 2 aromatic rings. The lowest BCUT2D eigenvalue weighted by Crippen LogP contribution is -2.50. The molecule has 0 spiro atoms. The number of carbonyl (C=O) groups is 1. The van der Waals surface area contributed by atoms with E-state index in [4.69, 9.17) is 10.00 Å². The van der Waals surface area contributed by atoms with E-state index in [1.165, 1.54) is 5.56 Å². The van der Waals surface area contributed by atoms with E-state index >= 15 is 0 Å². The van der Waals surface area contributed by atoms with Crippen molar-refractivity contribution in [2.75, 3.05) is 62.2 Å². The van der Waals surface area contributed by atoms with Gasteiger partial charge in [-0.05, 0) is 68.7 Å². The first-order valence-electron chi connectivity index (χ1n) is 15.4. The Hall–Kier alpha value is -3.60. The molecule has 0 atom stereocenters. The Bertz CT molecular complexity index is 1300. The number of anilines is 2. The molecule has 0 radical (unpaired) electrons. The van der Waals surface area contributed by atoms with Crippen LogP contribution in [0.5, 0.6) is 0 Å². The van der Waals surface area contributed by atoms with Crippen LogP contribution in [0.3, 0.4) is 0 Å². The number of amides is 1. The molecule has 0 saturated carbocycles. The van der Waals surface area contributed by atoms with E-state index in [1.54, 1.807) is 11.1 Å². The van der Waals surface area contributed by atoms with Crippen LogP contribution in [0.4, 0.5) is 16.2 Å². The van der Waals surface area contributed by atoms with E-state index in [-0.39, 0.29) is 18.5 Å². The summed E-state index contributed by atoms with van der Waals surface area (Å²) < 4.78 is 5.43. The fourth-order valence-corrected chi connectivity index (χ4v) is 5.17. The summed E-state index contributed by atoms with van der Waals surface area (Å²) in [5.41, 5.74) is 4.72. The van der Waals surface area contributed by atoms with E-state index < -0.39 is 5.60 Å². The molecule has 0 aromatic carbocycles. The molecular formula is C33H49ClN8O2. The van der Waals surface area contributed by atoms with Gasteiger partial charge in [-0.1, -0.05) is 27.7 Å². The smallest absolute Gasteiger partial charge is 0.410 e. The zero-order chi connectivity index (χ0) is 31.6. The first-order valence-corrected chi connectivity index (χ1v) is 15.4. The van der Waals surface area contributed by atoms with Crippen LogP contribution in [0.25, 0.3) is 0 Å². The Morgan fingerprint density at radius 2 is 1.27 bits per heavy atom. The standard InChI is InChI=1S/C19H28N4O2.C14H20N4.ClH/c1-14(2)10-15-11-17(16(12-20)21-13-15)22-6-8-23(9-7-22)18(24)25-19(3,4)5;1-11(2)7-12-8-14(13(9-15)17-10-12)18-5-3-16-4-6-18;/h11,13-14H,6-10H2,1-5H3;8,10-11,16H,3-7H2,1-2H3;1H. The molecule has 4 heterocycles. The van der Waals surface area contributed by atoms with Crippen LogP contribution in [0.15, 0.2) is 24.5 Å². The van der Waals surface area contributed by atoms with Gasteiger partial charge in [0.05, 0.1) is 11.4 Å². The second-order valence-electron chi connectivity index (χ2n) is 13.0. The maximum Gasteiger partial charge on any atom is 0.410 e. The number of pyridine rings is 2. The molecule has 4 rings (SSSR count). The number of nitrogens with zero attached hydrogens (tertiary/aromatic N) is 7. The maximum atomic E-state index is 12.2. The Morgan fingerprint density at radius 1 is 0.841 bits per heavy atom. The van der Waals surface area contributed by atoms with Crippen LogP contribution in [0.1, 0.15) is 71.0 Å². The molecule has 2 aliphatic rings. The number of ether oxygens (including phenoxy) is 1. The third-order valence-electron chi connectivity index (χ3n) is 7.08. The third-order valence-corrected chi connectivity index (χ3v) is 7.08. The van der Waals surface area contributed by atoms with Crippen LogP contribution < -0.4 is 15.1 Å². The Balaban J connectivity index is 0.000000315.